The first-order valence-electron chi connectivity index (χ1n) is 20.2. The first kappa shape index (κ1) is 43.0. The lowest BCUT2D eigenvalue weighted by atomic mass is 9.54. The van der Waals surface area contributed by atoms with E-state index in [2.05, 4.69) is 26.4 Å². The topological polar surface area (TPSA) is 140 Å². The quantitative estimate of drug-likeness (QED) is 0.0723. The number of aliphatic hydroxyl groups is 1. The van der Waals surface area contributed by atoms with Crippen molar-refractivity contribution in [3.8, 4) is 11.6 Å². The number of carbonyl (C=O) groups excluding carboxylic acids is 3. The Morgan fingerprint density at radius 2 is 1.63 bits per heavy atom. The number of rotatable bonds is 14. The molecule has 1 aromatic heterocycles. The minimum atomic E-state index is -2.98. The van der Waals surface area contributed by atoms with Gasteiger partial charge < -0.3 is 28.8 Å². The zero-order chi connectivity index (χ0) is 42.4. The molecule has 0 saturated heterocycles. The van der Waals surface area contributed by atoms with E-state index in [1.165, 1.54) is 0 Å². The van der Waals surface area contributed by atoms with Crippen molar-refractivity contribution in [3.05, 3.63) is 110 Å². The minimum Gasteiger partial charge on any atom is -0.487 e. The van der Waals surface area contributed by atoms with Crippen LogP contribution in [0.5, 0.6) is 11.6 Å². The minimum absolute atomic E-state index is 0.00934. The third kappa shape index (κ3) is 7.65. The third-order valence-corrected chi connectivity index (χ3v) is 17.9. The molecule has 5 atom stereocenters. The van der Waals surface area contributed by atoms with Gasteiger partial charge in [0.1, 0.15) is 30.3 Å². The fourth-order valence-electron chi connectivity index (χ4n) is 8.72. The number of carbonyl (C=O) groups is 3. The summed E-state index contributed by atoms with van der Waals surface area (Å²) in [5, 5.41) is 16.4. The predicted molar refractivity (Wildman–Crippen MR) is 225 cm³/mol. The van der Waals surface area contributed by atoms with Gasteiger partial charge in [0.2, 0.25) is 5.78 Å². The maximum absolute atomic E-state index is 17.0. The first-order valence-corrected chi connectivity index (χ1v) is 23.9. The lowest BCUT2D eigenvalue weighted by Crippen LogP contribution is -2.70. The van der Waals surface area contributed by atoms with Crippen molar-refractivity contribution in [3.63, 3.8) is 0 Å². The van der Waals surface area contributed by atoms with Crippen LogP contribution in [-0.2, 0) is 35.4 Å². The monoisotopic (exact) mass is 889 g/mol. The number of nitrogens with zero attached hydrogens (tertiary/aromatic N) is 2. The molecule has 0 spiro atoms. The standard InChI is InChI=1S/C45H53BrFN3O8Si/c1-44(2,3)59(6,7)58-45-31(37(50(4)5)40-34(42(45)54)43(49-57-40)56-25-27-17-12-9-13-18-27)22-28-21-29-33(38(52)32(28)41(45)53)39(55-24-26-15-10-8-11-16-26)35(46)30(36(29)47)23-48-19-14-20-51/h8-13,15-18,28,31-32,37,48,51H,14,19-25H2,1-7H3/t28-,31-,32?,37-,45-/m0/s1. The molecule has 11 nitrogen and oxygen atoms in total. The maximum Gasteiger partial charge on any atom is 0.265 e. The molecule has 1 heterocycles. The van der Waals surface area contributed by atoms with E-state index in [9.17, 15) is 5.11 Å². The molecular formula is C45H53BrFN3O8Si. The van der Waals surface area contributed by atoms with Crippen molar-refractivity contribution in [1.82, 2.24) is 15.4 Å². The molecule has 59 heavy (non-hydrogen) atoms. The second-order valence-corrected chi connectivity index (χ2v) is 23.2. The maximum atomic E-state index is 17.0. The second-order valence-electron chi connectivity index (χ2n) is 17.7. The van der Waals surface area contributed by atoms with Crippen molar-refractivity contribution in [2.75, 3.05) is 27.2 Å². The smallest absolute Gasteiger partial charge is 0.265 e. The van der Waals surface area contributed by atoms with Crippen LogP contribution in [0.3, 0.4) is 0 Å². The van der Waals surface area contributed by atoms with E-state index in [1.807, 2.05) is 114 Å². The van der Waals surface area contributed by atoms with Gasteiger partial charge >= 0.3 is 0 Å². The molecule has 2 N–H and O–H groups in total. The molecule has 1 saturated carbocycles. The number of aliphatic hydroxyl groups excluding tert-OH is 1. The summed E-state index contributed by atoms with van der Waals surface area (Å²) in [5.41, 5.74) is 0.0470. The molecule has 3 aliphatic rings. The van der Waals surface area contributed by atoms with Crippen LogP contribution >= 0.6 is 15.9 Å². The number of benzene rings is 3. The average molecular weight is 891 g/mol. The van der Waals surface area contributed by atoms with Gasteiger partial charge in [-0.2, -0.15) is 0 Å². The van der Waals surface area contributed by atoms with Crippen LogP contribution in [0.2, 0.25) is 18.1 Å². The van der Waals surface area contributed by atoms with Crippen molar-refractivity contribution < 1.29 is 42.3 Å². The number of Topliss-reactive ketones (excluding diaryl/α,β-unsaturated/α-hetero) is 3. The molecule has 3 aliphatic carbocycles. The SMILES string of the molecule is CN(C)[C@@H]1c2onc(OCc3ccccc3)c2C(=O)[C@@]2(O[Si](C)(C)C(C)(C)C)C(=O)C3C(=O)c4c(c(F)c(CNCCCO)c(Br)c4OCc4ccccc4)C[C@H]3C[C@@H]12. The molecule has 0 aliphatic heterocycles. The fraction of sp³-hybridized carbons (Fsp3) is 0.467. The summed E-state index contributed by atoms with van der Waals surface area (Å²) in [6.07, 6.45) is 0.716. The number of aromatic nitrogens is 1. The number of halogens is 2. The normalized spacial score (nSPS) is 22.8. The van der Waals surface area contributed by atoms with Gasteiger partial charge in [-0.05, 0) is 96.2 Å². The molecular weight excluding hydrogens is 837 g/mol. The van der Waals surface area contributed by atoms with Gasteiger partial charge in [-0.1, -0.05) is 81.4 Å². The number of hydrogen-bond donors (Lipinski definition) is 2. The lowest BCUT2D eigenvalue weighted by Gasteiger charge is -2.56. The highest BCUT2D eigenvalue weighted by atomic mass is 79.9. The molecule has 0 amide bonds. The van der Waals surface area contributed by atoms with Crippen LogP contribution in [0.4, 0.5) is 4.39 Å². The molecule has 3 aromatic carbocycles. The molecule has 0 bridgehead atoms. The summed E-state index contributed by atoms with van der Waals surface area (Å²) in [4.78, 5) is 48.6. The number of fused-ring (bicyclic) bond motifs is 4. The second kappa shape index (κ2) is 16.8. The lowest BCUT2D eigenvalue weighted by molar-refractivity contribution is -0.151. The Bertz CT molecular complexity index is 2230. The Morgan fingerprint density at radius 3 is 2.22 bits per heavy atom. The molecule has 14 heteroatoms. The number of hydrogen-bond acceptors (Lipinski definition) is 11. The molecule has 1 fully saturated rings. The van der Waals surface area contributed by atoms with E-state index in [1.54, 1.807) is 0 Å². The third-order valence-electron chi connectivity index (χ3n) is 12.7. The van der Waals surface area contributed by atoms with Gasteiger partial charge in [0.05, 0.1) is 22.0 Å². The number of ketones is 3. The predicted octanol–water partition coefficient (Wildman–Crippen LogP) is 8.03. The zero-order valence-electron chi connectivity index (χ0n) is 34.7. The van der Waals surface area contributed by atoms with Gasteiger partial charge in [-0.3, -0.25) is 19.3 Å². The molecule has 4 aromatic rings. The Kier molecular flexibility index (Phi) is 12.2. The highest BCUT2D eigenvalue weighted by Crippen LogP contribution is 2.59. The Labute approximate surface area is 354 Å². The van der Waals surface area contributed by atoms with Crippen molar-refractivity contribution in [1.29, 1.82) is 0 Å². The molecule has 314 valence electrons. The Morgan fingerprint density at radius 1 is 1.00 bits per heavy atom. The molecule has 0 radical (unpaired) electrons. The Hall–Kier alpha value is -4.05. The van der Waals surface area contributed by atoms with Crippen LogP contribution < -0.4 is 14.8 Å². The van der Waals surface area contributed by atoms with E-state index in [0.29, 0.717) is 13.0 Å². The van der Waals surface area contributed by atoms with E-state index in [0.717, 1.165) is 11.1 Å². The average Bonchev–Trinajstić information content (AvgIpc) is 3.61. The van der Waals surface area contributed by atoms with Crippen LogP contribution in [0.25, 0.3) is 0 Å². The van der Waals surface area contributed by atoms with Crippen LogP contribution in [-0.4, -0.2) is 73.7 Å². The zero-order valence-corrected chi connectivity index (χ0v) is 37.3. The van der Waals surface area contributed by atoms with Gasteiger partial charge in [-0.15, -0.1) is 0 Å². The fourth-order valence-corrected chi connectivity index (χ4v) is 10.8. The highest BCUT2D eigenvalue weighted by Gasteiger charge is 2.70. The molecule has 1 unspecified atom stereocenters. The highest BCUT2D eigenvalue weighted by molar-refractivity contribution is 9.10. The largest absolute Gasteiger partial charge is 0.487 e. The van der Waals surface area contributed by atoms with Crippen molar-refractivity contribution in [2.24, 2.45) is 17.8 Å². The number of nitrogens with one attached hydrogen (secondary N) is 1. The van der Waals surface area contributed by atoms with Crippen LogP contribution in [0, 0.1) is 23.6 Å². The number of ether oxygens (including phenoxy) is 2. The summed E-state index contributed by atoms with van der Waals surface area (Å²) >= 11 is 3.60. The summed E-state index contributed by atoms with van der Waals surface area (Å²) < 4.78 is 43.1. The van der Waals surface area contributed by atoms with Gasteiger partial charge in [0.15, 0.2) is 31.2 Å². The van der Waals surface area contributed by atoms with Gasteiger partial charge in [-0.25, -0.2) is 4.39 Å². The van der Waals surface area contributed by atoms with Crippen molar-refractivity contribution >= 4 is 41.6 Å². The van der Waals surface area contributed by atoms with Crippen LogP contribution in [0.15, 0.2) is 69.7 Å². The summed E-state index contributed by atoms with van der Waals surface area (Å²) in [6, 6.07) is 18.2. The summed E-state index contributed by atoms with van der Waals surface area (Å²) in [5.74, 6) is -4.89. The van der Waals surface area contributed by atoms with E-state index in [-0.39, 0.29) is 83.3 Å². The van der Waals surface area contributed by atoms with E-state index < -0.39 is 65.9 Å². The van der Waals surface area contributed by atoms with E-state index in [4.69, 9.17) is 18.4 Å². The summed E-state index contributed by atoms with van der Waals surface area (Å²) in [7, 11) is 0.705. The first-order chi connectivity index (χ1) is 28.0. The summed E-state index contributed by atoms with van der Waals surface area (Å²) in [6.45, 7) is 10.8. The van der Waals surface area contributed by atoms with Gasteiger partial charge in [0, 0.05) is 30.2 Å². The van der Waals surface area contributed by atoms with Gasteiger partial charge in [0.25, 0.3) is 5.88 Å². The van der Waals surface area contributed by atoms with Crippen LogP contribution in [0.1, 0.15) is 88.4 Å². The van der Waals surface area contributed by atoms with E-state index >= 15 is 18.8 Å². The molecule has 7 rings (SSSR count). The Balaban J connectivity index is 1.38. The van der Waals surface area contributed by atoms with Crippen molar-refractivity contribution in [2.45, 2.75) is 89.6 Å².